The van der Waals surface area contributed by atoms with E-state index in [1.807, 2.05) is 0 Å². The van der Waals surface area contributed by atoms with Gasteiger partial charge in [-0.25, -0.2) is 8.78 Å². The Bertz CT molecular complexity index is 287. The first-order valence-corrected chi connectivity index (χ1v) is 3.77. The first-order chi connectivity index (χ1) is 6.06. The predicted octanol–water partition coefficient (Wildman–Crippen LogP) is 2.03. The number of halogens is 2. The summed E-state index contributed by atoms with van der Waals surface area (Å²) in [6.07, 6.45) is -1.16. The van der Waals surface area contributed by atoms with Crippen molar-refractivity contribution >= 4 is 0 Å². The largest absolute Gasteiger partial charge is 0.497 e. The lowest BCUT2D eigenvalue weighted by atomic mass is 10.1. The second-order valence-corrected chi connectivity index (χ2v) is 2.68. The zero-order valence-electron chi connectivity index (χ0n) is 7.34. The third-order valence-corrected chi connectivity index (χ3v) is 1.71. The number of aliphatic hydroxyl groups excluding tert-OH is 1. The number of ether oxygens (including phenoxy) is 1. The molecule has 1 unspecified atom stereocenters. The third-order valence-electron chi connectivity index (χ3n) is 1.71. The van der Waals surface area contributed by atoms with Gasteiger partial charge in [0.2, 0.25) is 0 Å². The highest BCUT2D eigenvalue weighted by molar-refractivity contribution is 5.31. The maximum atomic E-state index is 13.1. The Hall–Kier alpha value is -1.16. The number of aliphatic hydroxyl groups is 1. The molecule has 72 valence electrons. The summed E-state index contributed by atoms with van der Waals surface area (Å²) in [5, 5.41) is 9.03. The van der Waals surface area contributed by atoms with E-state index in [9.17, 15) is 8.78 Å². The molecule has 0 amide bonds. The van der Waals surface area contributed by atoms with Gasteiger partial charge in [0.15, 0.2) is 0 Å². The molecule has 0 aliphatic rings. The highest BCUT2D eigenvalue weighted by Gasteiger charge is 2.15. The van der Waals surface area contributed by atoms with Crippen LogP contribution in [0.3, 0.4) is 0 Å². The number of hydrogen-bond donors (Lipinski definition) is 1. The third kappa shape index (κ3) is 1.95. The van der Waals surface area contributed by atoms with Gasteiger partial charge in [0.05, 0.1) is 18.8 Å². The fourth-order valence-electron chi connectivity index (χ4n) is 1.08. The van der Waals surface area contributed by atoms with Crippen molar-refractivity contribution in [1.82, 2.24) is 0 Å². The number of benzene rings is 1. The molecular weight excluding hydrogens is 178 g/mol. The highest BCUT2D eigenvalue weighted by Crippen LogP contribution is 2.24. The first kappa shape index (κ1) is 9.92. The normalized spacial score (nSPS) is 12.7. The monoisotopic (exact) mass is 188 g/mol. The molecule has 0 heterocycles. The molecule has 1 rings (SSSR count). The molecule has 1 aromatic rings. The summed E-state index contributed by atoms with van der Waals surface area (Å²) in [6, 6.07) is 2.07. The molecule has 2 nitrogen and oxygen atoms in total. The van der Waals surface area contributed by atoms with Crippen LogP contribution >= 0.6 is 0 Å². The summed E-state index contributed by atoms with van der Waals surface area (Å²) in [7, 11) is 1.32. The fraction of sp³-hybridized carbons (Fsp3) is 0.333. The van der Waals surface area contributed by atoms with E-state index < -0.39 is 17.7 Å². The zero-order valence-corrected chi connectivity index (χ0v) is 7.34. The lowest BCUT2D eigenvalue weighted by molar-refractivity contribution is 0.188. The lowest BCUT2D eigenvalue weighted by Crippen LogP contribution is -2.01. The van der Waals surface area contributed by atoms with E-state index in [-0.39, 0.29) is 11.3 Å². The van der Waals surface area contributed by atoms with Gasteiger partial charge in [0.25, 0.3) is 0 Å². The Kier molecular flexibility index (Phi) is 2.83. The van der Waals surface area contributed by atoms with Crippen LogP contribution < -0.4 is 4.74 Å². The summed E-state index contributed by atoms with van der Waals surface area (Å²) in [6.45, 7) is 1.30. The Labute approximate surface area is 74.8 Å². The first-order valence-electron chi connectivity index (χ1n) is 3.77. The van der Waals surface area contributed by atoms with E-state index in [0.29, 0.717) is 0 Å². The van der Waals surface area contributed by atoms with Crippen LogP contribution in [0.2, 0.25) is 0 Å². The molecule has 0 bridgehead atoms. The molecule has 1 N–H and O–H groups in total. The highest BCUT2D eigenvalue weighted by atomic mass is 19.1. The zero-order chi connectivity index (χ0) is 10.0. The number of methoxy groups -OCH3 is 1. The van der Waals surface area contributed by atoms with E-state index in [1.165, 1.54) is 14.0 Å². The van der Waals surface area contributed by atoms with Gasteiger partial charge >= 0.3 is 0 Å². The van der Waals surface area contributed by atoms with Crippen molar-refractivity contribution in [2.45, 2.75) is 13.0 Å². The molecule has 0 aliphatic heterocycles. The Balaban J connectivity index is 3.23. The van der Waals surface area contributed by atoms with E-state index in [4.69, 9.17) is 5.11 Å². The molecule has 0 aromatic heterocycles. The van der Waals surface area contributed by atoms with E-state index in [2.05, 4.69) is 4.74 Å². The molecule has 1 atom stereocenters. The predicted molar refractivity (Wildman–Crippen MR) is 43.5 cm³/mol. The Morgan fingerprint density at radius 1 is 1.31 bits per heavy atom. The fourth-order valence-corrected chi connectivity index (χ4v) is 1.08. The van der Waals surface area contributed by atoms with Crippen molar-refractivity contribution in [1.29, 1.82) is 0 Å². The van der Waals surface area contributed by atoms with Crippen molar-refractivity contribution in [2.24, 2.45) is 0 Å². The van der Waals surface area contributed by atoms with E-state index >= 15 is 0 Å². The molecule has 0 saturated carbocycles. The van der Waals surface area contributed by atoms with Crippen LogP contribution in [0.15, 0.2) is 12.1 Å². The lowest BCUT2D eigenvalue weighted by Gasteiger charge is -2.09. The van der Waals surface area contributed by atoms with Gasteiger partial charge in [0.1, 0.15) is 17.4 Å². The maximum Gasteiger partial charge on any atom is 0.135 e. The van der Waals surface area contributed by atoms with Crippen LogP contribution in [-0.4, -0.2) is 12.2 Å². The standard InChI is InChI=1S/C9H10F2O2/c1-5(12)9-7(10)3-6(13-2)4-8(9)11/h3-5,12H,1-2H3. The summed E-state index contributed by atoms with van der Waals surface area (Å²) in [5.74, 6) is -1.50. The van der Waals surface area contributed by atoms with Crippen LogP contribution in [0.4, 0.5) is 8.78 Å². The van der Waals surface area contributed by atoms with E-state index in [1.54, 1.807) is 0 Å². The van der Waals surface area contributed by atoms with Crippen molar-refractivity contribution < 1.29 is 18.6 Å². The average molecular weight is 188 g/mol. The number of rotatable bonds is 2. The Morgan fingerprint density at radius 3 is 2.08 bits per heavy atom. The number of hydrogen-bond acceptors (Lipinski definition) is 2. The van der Waals surface area contributed by atoms with Crippen LogP contribution in [0.1, 0.15) is 18.6 Å². The molecule has 13 heavy (non-hydrogen) atoms. The van der Waals surface area contributed by atoms with Crippen molar-refractivity contribution in [2.75, 3.05) is 7.11 Å². The summed E-state index contributed by atoms with van der Waals surface area (Å²) in [4.78, 5) is 0. The minimum absolute atomic E-state index is 0.0967. The molecule has 0 radical (unpaired) electrons. The van der Waals surface area contributed by atoms with Gasteiger partial charge in [-0.1, -0.05) is 0 Å². The molecule has 0 fully saturated rings. The van der Waals surface area contributed by atoms with Crippen LogP contribution in [-0.2, 0) is 0 Å². The van der Waals surface area contributed by atoms with Crippen LogP contribution in [0.25, 0.3) is 0 Å². The van der Waals surface area contributed by atoms with Gasteiger partial charge in [-0.05, 0) is 6.92 Å². The Morgan fingerprint density at radius 2 is 1.77 bits per heavy atom. The SMILES string of the molecule is COc1cc(F)c(C(C)O)c(F)c1. The summed E-state index contributed by atoms with van der Waals surface area (Å²) in [5.41, 5.74) is -0.333. The van der Waals surface area contributed by atoms with Crippen molar-refractivity contribution in [3.63, 3.8) is 0 Å². The molecule has 1 aromatic carbocycles. The van der Waals surface area contributed by atoms with Crippen molar-refractivity contribution in [3.05, 3.63) is 29.3 Å². The smallest absolute Gasteiger partial charge is 0.135 e. The molecular formula is C9H10F2O2. The van der Waals surface area contributed by atoms with Gasteiger partial charge in [-0.2, -0.15) is 0 Å². The quantitative estimate of drug-likeness (QED) is 0.769. The minimum Gasteiger partial charge on any atom is -0.497 e. The van der Waals surface area contributed by atoms with Gasteiger partial charge in [0, 0.05) is 12.1 Å². The van der Waals surface area contributed by atoms with Gasteiger partial charge in [-0.3, -0.25) is 0 Å². The van der Waals surface area contributed by atoms with Crippen molar-refractivity contribution in [3.8, 4) is 5.75 Å². The molecule has 0 aliphatic carbocycles. The summed E-state index contributed by atoms with van der Waals surface area (Å²) < 4.78 is 30.8. The van der Waals surface area contributed by atoms with Crippen LogP contribution in [0.5, 0.6) is 5.75 Å². The van der Waals surface area contributed by atoms with Gasteiger partial charge in [-0.15, -0.1) is 0 Å². The topological polar surface area (TPSA) is 29.5 Å². The average Bonchev–Trinajstić information content (AvgIpc) is 2.02. The molecule has 4 heteroatoms. The van der Waals surface area contributed by atoms with Gasteiger partial charge < -0.3 is 9.84 Å². The molecule has 0 saturated heterocycles. The minimum atomic E-state index is -1.16. The van der Waals surface area contributed by atoms with E-state index in [0.717, 1.165) is 12.1 Å². The second-order valence-electron chi connectivity index (χ2n) is 2.68. The second kappa shape index (κ2) is 3.70. The summed E-state index contributed by atoms with van der Waals surface area (Å²) >= 11 is 0. The maximum absolute atomic E-state index is 13.1. The van der Waals surface area contributed by atoms with Crippen LogP contribution in [0, 0.1) is 11.6 Å². The molecule has 0 spiro atoms.